The maximum atomic E-state index is 5.13. The molecule has 0 spiro atoms. The summed E-state index contributed by atoms with van der Waals surface area (Å²) in [6, 6.07) is 61.8. The molecule has 6 nitrogen and oxygen atoms in total. The second-order valence-corrected chi connectivity index (χ2v) is 13.1. The average Bonchev–Trinajstić information content (AvgIpc) is 3.26. The zero-order valence-electron chi connectivity index (χ0n) is 29.0. The zero-order chi connectivity index (χ0) is 35.8. The van der Waals surface area contributed by atoms with E-state index in [0.717, 1.165) is 65.7 Å². The van der Waals surface area contributed by atoms with Crippen LogP contribution in [0.2, 0.25) is 0 Å². The van der Waals surface area contributed by atoms with Crippen molar-refractivity contribution in [3.8, 4) is 68.3 Å². The van der Waals surface area contributed by atoms with Gasteiger partial charge in [0.15, 0.2) is 34.9 Å². The van der Waals surface area contributed by atoms with Gasteiger partial charge in [-0.15, -0.1) is 0 Å². The topological polar surface area (TPSA) is 77.3 Å². The van der Waals surface area contributed by atoms with Crippen LogP contribution in [0.5, 0.6) is 0 Å². The predicted molar refractivity (Wildman–Crippen MR) is 218 cm³/mol. The highest BCUT2D eigenvalue weighted by Gasteiger charge is 2.20. The number of aromatic nitrogens is 6. The van der Waals surface area contributed by atoms with Crippen molar-refractivity contribution in [1.29, 1.82) is 0 Å². The monoisotopic (exact) mass is 690 g/mol. The van der Waals surface area contributed by atoms with E-state index in [2.05, 4.69) is 60.7 Å². The number of hydrogen-bond acceptors (Lipinski definition) is 6. The molecule has 54 heavy (non-hydrogen) atoms. The van der Waals surface area contributed by atoms with Crippen molar-refractivity contribution < 1.29 is 0 Å². The average molecular weight is 691 g/mol. The number of nitrogens with zero attached hydrogens (tertiary/aromatic N) is 6. The first-order chi connectivity index (χ1) is 26.8. The molecule has 0 saturated heterocycles. The number of fused-ring (bicyclic) bond motifs is 5. The van der Waals surface area contributed by atoms with E-state index in [-0.39, 0.29) is 0 Å². The van der Waals surface area contributed by atoms with Crippen molar-refractivity contribution in [2.75, 3.05) is 0 Å². The number of hydrogen-bond donors (Lipinski definition) is 0. The highest BCUT2D eigenvalue weighted by Crippen LogP contribution is 2.41. The van der Waals surface area contributed by atoms with Gasteiger partial charge >= 0.3 is 0 Å². The van der Waals surface area contributed by atoms with Crippen LogP contribution in [0, 0.1) is 0 Å². The summed E-state index contributed by atoms with van der Waals surface area (Å²) in [6.07, 6.45) is 0. The molecule has 0 fully saturated rings. The third-order valence-electron chi connectivity index (χ3n) is 9.76. The van der Waals surface area contributed by atoms with Gasteiger partial charge in [0.2, 0.25) is 0 Å². The molecule has 0 aliphatic carbocycles. The third kappa shape index (κ3) is 5.63. The Bertz CT molecular complexity index is 2650. The van der Waals surface area contributed by atoms with Crippen LogP contribution in [-0.2, 0) is 0 Å². The molecule has 10 rings (SSSR count). The predicted octanol–water partition coefficient (Wildman–Crippen LogP) is 11.5. The van der Waals surface area contributed by atoms with Crippen LogP contribution in [0.15, 0.2) is 182 Å². The van der Waals surface area contributed by atoms with Crippen molar-refractivity contribution in [2.24, 2.45) is 0 Å². The van der Waals surface area contributed by atoms with Crippen LogP contribution in [0.25, 0.3) is 101 Å². The van der Waals surface area contributed by atoms with Gasteiger partial charge in [0.1, 0.15) is 0 Å². The van der Waals surface area contributed by atoms with Crippen LogP contribution in [0.3, 0.4) is 0 Å². The molecule has 0 saturated carbocycles. The lowest BCUT2D eigenvalue weighted by Crippen LogP contribution is -2.01. The summed E-state index contributed by atoms with van der Waals surface area (Å²) in [6.45, 7) is 0. The van der Waals surface area contributed by atoms with E-state index < -0.39 is 0 Å². The van der Waals surface area contributed by atoms with Crippen molar-refractivity contribution in [1.82, 2.24) is 29.9 Å². The lowest BCUT2D eigenvalue weighted by Gasteiger charge is -2.16. The zero-order valence-corrected chi connectivity index (χ0v) is 29.0. The van der Waals surface area contributed by atoms with Gasteiger partial charge in [-0.1, -0.05) is 170 Å². The normalized spacial score (nSPS) is 11.3. The summed E-state index contributed by atoms with van der Waals surface area (Å²) in [5, 5.41) is 6.43. The highest BCUT2D eigenvalue weighted by molar-refractivity contribution is 6.23. The molecule has 0 aliphatic heterocycles. The van der Waals surface area contributed by atoms with E-state index in [1.165, 1.54) is 0 Å². The molecule has 0 amide bonds. The first kappa shape index (κ1) is 31.3. The lowest BCUT2D eigenvalue weighted by atomic mass is 9.90. The van der Waals surface area contributed by atoms with E-state index in [4.69, 9.17) is 29.9 Å². The molecule has 0 bridgehead atoms. The van der Waals surface area contributed by atoms with E-state index in [0.29, 0.717) is 34.9 Å². The van der Waals surface area contributed by atoms with Crippen molar-refractivity contribution in [2.45, 2.75) is 0 Å². The number of rotatable bonds is 6. The van der Waals surface area contributed by atoms with Gasteiger partial charge in [0.05, 0.1) is 0 Å². The molecule has 2 heterocycles. The fourth-order valence-corrected chi connectivity index (χ4v) is 7.18. The van der Waals surface area contributed by atoms with Gasteiger partial charge in [0, 0.05) is 33.4 Å². The minimum Gasteiger partial charge on any atom is -0.208 e. The van der Waals surface area contributed by atoms with E-state index >= 15 is 0 Å². The highest BCUT2D eigenvalue weighted by atomic mass is 15.0. The van der Waals surface area contributed by atoms with Crippen molar-refractivity contribution in [3.63, 3.8) is 0 Å². The van der Waals surface area contributed by atoms with Gasteiger partial charge in [-0.2, -0.15) is 0 Å². The summed E-state index contributed by atoms with van der Waals surface area (Å²) in [5.41, 5.74) is 5.60. The number of benzene rings is 8. The standard InChI is InChI=1S/C48H30N6/c1-5-17-31(18-6-1)43-49-44(32-19-7-2-8-20-32)52-47(51-43)41-29-39-36-26-14-16-28-38(36)42(30-40(39)35-25-13-15-27-37(35)41)48-53-45(33-21-9-3-10-22-33)50-46(54-48)34-23-11-4-12-24-34/h1-30H. The summed E-state index contributed by atoms with van der Waals surface area (Å²) < 4.78 is 0. The van der Waals surface area contributed by atoms with Gasteiger partial charge in [-0.3, -0.25) is 0 Å². The Morgan fingerprint density at radius 3 is 0.741 bits per heavy atom. The Morgan fingerprint density at radius 1 is 0.204 bits per heavy atom. The van der Waals surface area contributed by atoms with E-state index in [1.807, 2.05) is 121 Å². The molecule has 252 valence electrons. The molecule has 0 unspecified atom stereocenters. The lowest BCUT2D eigenvalue weighted by molar-refractivity contribution is 1.08. The first-order valence-corrected chi connectivity index (χ1v) is 17.9. The maximum Gasteiger partial charge on any atom is 0.164 e. The van der Waals surface area contributed by atoms with Crippen LogP contribution in [0.4, 0.5) is 0 Å². The summed E-state index contributed by atoms with van der Waals surface area (Å²) in [7, 11) is 0. The Kier molecular flexibility index (Phi) is 7.69. The molecular formula is C48H30N6. The maximum absolute atomic E-state index is 5.13. The Balaban J connectivity index is 1.25. The fraction of sp³-hybridized carbons (Fsp3) is 0. The summed E-state index contributed by atoms with van der Waals surface area (Å²) in [5.74, 6) is 3.74. The Hall–Kier alpha value is -7.44. The SMILES string of the molecule is c1ccc(-c2nc(-c3ccccc3)nc(-c3cc4c5ccccc5c(-c5nc(-c6ccccc6)nc(-c6ccccc6)n5)cc4c4ccccc34)n2)cc1. The van der Waals surface area contributed by atoms with Gasteiger partial charge in [0.25, 0.3) is 0 Å². The van der Waals surface area contributed by atoms with Gasteiger partial charge in [-0.25, -0.2) is 29.9 Å². The molecule has 10 aromatic rings. The minimum absolute atomic E-state index is 0.617. The molecule has 6 heteroatoms. The smallest absolute Gasteiger partial charge is 0.164 e. The third-order valence-corrected chi connectivity index (χ3v) is 9.76. The van der Waals surface area contributed by atoms with Crippen LogP contribution in [0.1, 0.15) is 0 Å². The van der Waals surface area contributed by atoms with Crippen LogP contribution in [-0.4, -0.2) is 29.9 Å². The molecule has 0 atom stereocenters. The molecule has 2 aromatic heterocycles. The Labute approximate surface area is 311 Å². The van der Waals surface area contributed by atoms with Crippen molar-refractivity contribution >= 4 is 32.3 Å². The van der Waals surface area contributed by atoms with Crippen molar-refractivity contribution in [3.05, 3.63) is 182 Å². The second kappa shape index (κ2) is 13.3. The first-order valence-electron chi connectivity index (χ1n) is 17.9. The second-order valence-electron chi connectivity index (χ2n) is 13.1. The van der Waals surface area contributed by atoms with E-state index in [1.54, 1.807) is 0 Å². The molecule has 8 aromatic carbocycles. The molecule has 0 radical (unpaired) electrons. The largest absolute Gasteiger partial charge is 0.208 e. The Morgan fingerprint density at radius 2 is 0.444 bits per heavy atom. The van der Waals surface area contributed by atoms with Crippen LogP contribution < -0.4 is 0 Å². The molecule has 0 N–H and O–H groups in total. The molecule has 0 aliphatic rings. The summed E-state index contributed by atoms with van der Waals surface area (Å²) >= 11 is 0. The molecular weight excluding hydrogens is 661 g/mol. The van der Waals surface area contributed by atoms with Gasteiger partial charge in [-0.05, 0) is 44.5 Å². The quantitative estimate of drug-likeness (QED) is 0.162. The fourth-order valence-electron chi connectivity index (χ4n) is 7.18. The van der Waals surface area contributed by atoms with Crippen LogP contribution >= 0.6 is 0 Å². The summed E-state index contributed by atoms with van der Waals surface area (Å²) in [4.78, 5) is 30.4. The van der Waals surface area contributed by atoms with Gasteiger partial charge < -0.3 is 0 Å². The minimum atomic E-state index is 0.617. The van der Waals surface area contributed by atoms with E-state index in [9.17, 15) is 0 Å².